The second kappa shape index (κ2) is 10.4. The topological polar surface area (TPSA) is 71.1 Å². The van der Waals surface area contributed by atoms with Gasteiger partial charge in [-0.25, -0.2) is 4.98 Å². The van der Waals surface area contributed by atoms with Gasteiger partial charge < -0.3 is 10.6 Å². The molecule has 1 fully saturated rings. The lowest BCUT2D eigenvalue weighted by Gasteiger charge is -2.19. The van der Waals surface area contributed by atoms with Crippen molar-refractivity contribution in [2.75, 3.05) is 0 Å². The predicted octanol–water partition coefficient (Wildman–Crippen LogP) is 5.21. The summed E-state index contributed by atoms with van der Waals surface area (Å²) in [4.78, 5) is 30.4. The molecule has 1 saturated carbocycles. The zero-order valence-corrected chi connectivity index (χ0v) is 20.2. The summed E-state index contributed by atoms with van der Waals surface area (Å²) in [7, 11) is 0. The number of fused-ring (bicyclic) bond motifs is 1. The van der Waals surface area contributed by atoms with Crippen LogP contribution in [0.2, 0.25) is 0 Å². The van der Waals surface area contributed by atoms with Gasteiger partial charge >= 0.3 is 0 Å². The molecule has 0 bridgehead atoms. The Morgan fingerprint density at radius 3 is 2.41 bits per heavy atom. The Labute approximate surface area is 207 Å². The number of nitrogens with one attached hydrogen (secondary N) is 2. The number of hydrogen-bond acceptors (Lipinski definition) is 5. The number of carbonyl (C=O) groups is 2. The monoisotopic (exact) mass is 487 g/mol. The number of thioether (sulfide) groups is 1. The van der Waals surface area contributed by atoms with Crippen LogP contribution in [-0.2, 0) is 17.0 Å². The van der Waals surface area contributed by atoms with E-state index in [0.717, 1.165) is 39.6 Å². The van der Waals surface area contributed by atoms with E-state index in [9.17, 15) is 9.59 Å². The maximum atomic E-state index is 12.9. The van der Waals surface area contributed by atoms with E-state index in [1.807, 2.05) is 72.8 Å². The van der Waals surface area contributed by atoms with E-state index in [4.69, 9.17) is 0 Å². The first-order valence-electron chi connectivity index (χ1n) is 11.4. The number of thiazole rings is 1. The van der Waals surface area contributed by atoms with Gasteiger partial charge in [0, 0.05) is 23.8 Å². The molecule has 5 nitrogen and oxygen atoms in total. The second-order valence-electron chi connectivity index (χ2n) is 8.43. The van der Waals surface area contributed by atoms with Crippen LogP contribution in [0.15, 0.2) is 83.2 Å². The van der Waals surface area contributed by atoms with Crippen LogP contribution >= 0.6 is 23.1 Å². The maximum Gasteiger partial charge on any atom is 0.251 e. The van der Waals surface area contributed by atoms with E-state index in [-0.39, 0.29) is 17.9 Å². The van der Waals surface area contributed by atoms with Crippen LogP contribution in [0.3, 0.4) is 0 Å². The normalized spacial score (nSPS) is 14.0. The van der Waals surface area contributed by atoms with Crippen LogP contribution in [0, 0.1) is 0 Å². The molecule has 3 aromatic carbocycles. The van der Waals surface area contributed by atoms with Gasteiger partial charge in [0.1, 0.15) is 6.04 Å². The van der Waals surface area contributed by atoms with Gasteiger partial charge in [-0.1, -0.05) is 66.4 Å². The molecule has 1 unspecified atom stereocenters. The van der Waals surface area contributed by atoms with Crippen molar-refractivity contribution < 1.29 is 9.59 Å². The molecule has 1 aliphatic carbocycles. The molecule has 0 spiro atoms. The summed E-state index contributed by atoms with van der Waals surface area (Å²) in [6.45, 7) is 0. The van der Waals surface area contributed by atoms with Crippen LogP contribution in [0.1, 0.15) is 34.3 Å². The number of carbonyl (C=O) groups excluding carboxylic acids is 2. The number of aromatic nitrogens is 1. The molecule has 0 radical (unpaired) electrons. The third kappa shape index (κ3) is 5.85. The molecule has 1 aliphatic rings. The molecular formula is C27H25N3O2S2. The van der Waals surface area contributed by atoms with Gasteiger partial charge in [-0.15, -0.1) is 11.3 Å². The third-order valence-corrected chi connectivity index (χ3v) is 7.93. The average Bonchev–Trinajstić information content (AvgIpc) is 3.58. The largest absolute Gasteiger partial charge is 0.352 e. The van der Waals surface area contributed by atoms with Crippen molar-refractivity contribution >= 4 is 45.1 Å². The fraction of sp³-hybridized carbons (Fsp3) is 0.222. The first-order valence-corrected chi connectivity index (χ1v) is 13.2. The molecule has 1 atom stereocenters. The number of hydrogen-bond donors (Lipinski definition) is 2. The molecule has 1 heterocycles. The number of amides is 2. The van der Waals surface area contributed by atoms with E-state index in [2.05, 4.69) is 21.7 Å². The highest BCUT2D eigenvalue weighted by molar-refractivity contribution is 8.00. The Bertz CT molecular complexity index is 1250. The van der Waals surface area contributed by atoms with Crippen LogP contribution in [0.5, 0.6) is 0 Å². The molecule has 34 heavy (non-hydrogen) atoms. The standard InChI is InChI=1S/C27H25N3O2S2/c31-25(29-23(26(32)28-21-14-15-21)16-18-6-2-1-3-7-18)20-12-10-19(11-13-20)17-33-27-30-22-8-4-5-9-24(22)34-27/h1-13,21,23H,14-17H2,(H,28,32)(H,29,31). The highest BCUT2D eigenvalue weighted by atomic mass is 32.2. The Morgan fingerprint density at radius 2 is 1.68 bits per heavy atom. The molecule has 0 aliphatic heterocycles. The summed E-state index contributed by atoms with van der Waals surface area (Å²) >= 11 is 3.39. The molecule has 172 valence electrons. The lowest BCUT2D eigenvalue weighted by Crippen LogP contribution is -2.48. The summed E-state index contributed by atoms with van der Waals surface area (Å²) in [5.74, 6) is 0.420. The Balaban J connectivity index is 1.21. The van der Waals surface area contributed by atoms with Crippen LogP contribution in [0.25, 0.3) is 10.2 Å². The van der Waals surface area contributed by atoms with Crippen molar-refractivity contribution in [3.05, 3.63) is 95.6 Å². The number of rotatable bonds is 9. The number of benzene rings is 3. The van der Waals surface area contributed by atoms with E-state index in [1.54, 1.807) is 23.1 Å². The fourth-order valence-corrected chi connectivity index (χ4v) is 5.66. The Kier molecular flexibility index (Phi) is 6.92. The van der Waals surface area contributed by atoms with Gasteiger partial charge in [0.05, 0.1) is 10.2 Å². The van der Waals surface area contributed by atoms with Crippen molar-refractivity contribution in [2.45, 2.75) is 41.4 Å². The first kappa shape index (κ1) is 22.6. The van der Waals surface area contributed by atoms with Crippen molar-refractivity contribution in [1.82, 2.24) is 15.6 Å². The summed E-state index contributed by atoms with van der Waals surface area (Å²) in [6.07, 6.45) is 2.48. The summed E-state index contributed by atoms with van der Waals surface area (Å²) < 4.78 is 2.22. The zero-order valence-electron chi connectivity index (χ0n) is 18.6. The predicted molar refractivity (Wildman–Crippen MR) is 138 cm³/mol. The van der Waals surface area contributed by atoms with E-state index in [0.29, 0.717) is 12.0 Å². The minimum atomic E-state index is -0.607. The highest BCUT2D eigenvalue weighted by Gasteiger charge is 2.28. The summed E-state index contributed by atoms with van der Waals surface area (Å²) in [5.41, 5.74) is 3.71. The fourth-order valence-electron chi connectivity index (χ4n) is 3.64. The molecule has 7 heteroatoms. The van der Waals surface area contributed by atoms with Crippen LogP contribution < -0.4 is 10.6 Å². The minimum Gasteiger partial charge on any atom is -0.352 e. The van der Waals surface area contributed by atoms with Crippen molar-refractivity contribution in [3.8, 4) is 0 Å². The minimum absolute atomic E-state index is 0.122. The van der Waals surface area contributed by atoms with Crippen molar-refractivity contribution in [1.29, 1.82) is 0 Å². The smallest absolute Gasteiger partial charge is 0.251 e. The first-order chi connectivity index (χ1) is 16.6. The van der Waals surface area contributed by atoms with E-state index >= 15 is 0 Å². The molecule has 4 aromatic rings. The van der Waals surface area contributed by atoms with Crippen molar-refractivity contribution in [3.63, 3.8) is 0 Å². The van der Waals surface area contributed by atoms with Gasteiger partial charge in [-0.3, -0.25) is 9.59 Å². The molecule has 5 rings (SSSR count). The Morgan fingerprint density at radius 1 is 0.941 bits per heavy atom. The second-order valence-corrected chi connectivity index (χ2v) is 10.7. The Hall–Kier alpha value is -3.16. The van der Waals surface area contributed by atoms with Crippen LogP contribution in [0.4, 0.5) is 0 Å². The highest BCUT2D eigenvalue weighted by Crippen LogP contribution is 2.31. The SMILES string of the molecule is O=C(NC(Cc1ccccc1)C(=O)NC1CC1)c1ccc(CSc2nc3ccccc3s2)cc1. The number of nitrogens with zero attached hydrogens (tertiary/aromatic N) is 1. The average molecular weight is 488 g/mol. The zero-order chi connectivity index (χ0) is 23.3. The molecule has 1 aromatic heterocycles. The number of para-hydroxylation sites is 1. The van der Waals surface area contributed by atoms with Gasteiger partial charge in [0.25, 0.3) is 5.91 Å². The third-order valence-electron chi connectivity index (χ3n) is 5.68. The van der Waals surface area contributed by atoms with Gasteiger partial charge in [-0.2, -0.15) is 0 Å². The van der Waals surface area contributed by atoms with E-state index in [1.165, 1.54) is 4.70 Å². The summed E-state index contributed by atoms with van der Waals surface area (Å²) in [6, 6.07) is 25.1. The van der Waals surface area contributed by atoms with Gasteiger partial charge in [0.2, 0.25) is 5.91 Å². The molecule has 2 N–H and O–H groups in total. The van der Waals surface area contributed by atoms with Gasteiger partial charge in [0.15, 0.2) is 4.34 Å². The van der Waals surface area contributed by atoms with Crippen molar-refractivity contribution in [2.24, 2.45) is 0 Å². The van der Waals surface area contributed by atoms with Gasteiger partial charge in [-0.05, 0) is 48.2 Å². The van der Waals surface area contributed by atoms with Crippen LogP contribution in [-0.4, -0.2) is 28.9 Å². The lowest BCUT2D eigenvalue weighted by atomic mass is 10.0. The summed E-state index contributed by atoms with van der Waals surface area (Å²) in [5, 5.41) is 5.96. The molecular weight excluding hydrogens is 462 g/mol. The molecule has 0 saturated heterocycles. The van der Waals surface area contributed by atoms with E-state index < -0.39 is 6.04 Å². The maximum absolute atomic E-state index is 12.9. The lowest BCUT2D eigenvalue weighted by molar-refractivity contribution is -0.123. The quantitative estimate of drug-likeness (QED) is 0.318. The molecule has 2 amide bonds.